The Morgan fingerprint density at radius 1 is 1.33 bits per heavy atom. The lowest BCUT2D eigenvalue weighted by Gasteiger charge is -2.35. The van der Waals surface area contributed by atoms with Gasteiger partial charge in [-0.2, -0.15) is 5.26 Å². The van der Waals surface area contributed by atoms with Crippen LogP contribution in [0.5, 0.6) is 0 Å². The van der Waals surface area contributed by atoms with Crippen molar-refractivity contribution in [2.24, 2.45) is 0 Å². The summed E-state index contributed by atoms with van der Waals surface area (Å²) in [4.78, 5) is 4.28. The molecule has 1 unspecified atom stereocenters. The summed E-state index contributed by atoms with van der Waals surface area (Å²) in [5, 5.41) is 8.63. The zero-order valence-corrected chi connectivity index (χ0v) is 7.95. The molecular formula is C9H17N3. The first-order valence-electron chi connectivity index (χ1n) is 4.66. The molecule has 1 heterocycles. The van der Waals surface area contributed by atoms with Gasteiger partial charge in [0, 0.05) is 32.2 Å². The first-order valence-corrected chi connectivity index (χ1v) is 4.66. The molecule has 3 heteroatoms. The van der Waals surface area contributed by atoms with E-state index in [1.165, 1.54) is 6.42 Å². The van der Waals surface area contributed by atoms with Crippen molar-refractivity contribution in [3.05, 3.63) is 0 Å². The summed E-state index contributed by atoms with van der Waals surface area (Å²) in [5.41, 5.74) is 0. The number of piperazine rings is 1. The Kier molecular flexibility index (Phi) is 3.36. The molecule has 0 bridgehead atoms. The van der Waals surface area contributed by atoms with Gasteiger partial charge < -0.3 is 4.90 Å². The Labute approximate surface area is 74.6 Å². The minimum absolute atomic E-state index is 0.672. The maximum atomic E-state index is 8.63. The number of nitrogens with zero attached hydrogens (tertiary/aromatic N) is 3. The largest absolute Gasteiger partial charge is 0.308 e. The average Bonchev–Trinajstić information content (AvgIpc) is 2.17. The fraction of sp³-hybridized carbons (Fsp3) is 0.889. The quantitative estimate of drug-likeness (QED) is 0.572. The van der Waals surface area contributed by atoms with Gasteiger partial charge in [0.2, 0.25) is 0 Å². The van der Waals surface area contributed by atoms with E-state index in [0.717, 1.165) is 26.2 Å². The van der Waals surface area contributed by atoms with E-state index in [1.54, 1.807) is 0 Å². The normalized spacial score (nSPS) is 21.9. The molecule has 3 nitrogen and oxygen atoms in total. The summed E-state index contributed by atoms with van der Waals surface area (Å²) < 4.78 is 0. The van der Waals surface area contributed by atoms with Gasteiger partial charge in [0.05, 0.1) is 0 Å². The van der Waals surface area contributed by atoms with Crippen LogP contribution in [-0.4, -0.2) is 42.0 Å². The molecule has 0 aromatic heterocycles. The van der Waals surface area contributed by atoms with Crippen molar-refractivity contribution < 1.29 is 0 Å². The van der Waals surface area contributed by atoms with Crippen LogP contribution >= 0.6 is 0 Å². The molecule has 1 rings (SSSR count). The first kappa shape index (κ1) is 9.34. The van der Waals surface area contributed by atoms with Crippen LogP contribution in [0.1, 0.15) is 20.3 Å². The summed E-state index contributed by atoms with van der Waals surface area (Å²) in [6, 6.07) is 0.672. The fourth-order valence-corrected chi connectivity index (χ4v) is 1.52. The smallest absolute Gasteiger partial charge is 0.179 e. The van der Waals surface area contributed by atoms with E-state index in [1.807, 2.05) is 4.90 Å². The van der Waals surface area contributed by atoms with Crippen LogP contribution in [0.15, 0.2) is 0 Å². The second-order valence-electron chi connectivity index (χ2n) is 3.38. The maximum absolute atomic E-state index is 8.63. The Morgan fingerprint density at radius 2 is 1.92 bits per heavy atom. The number of hydrogen-bond acceptors (Lipinski definition) is 3. The van der Waals surface area contributed by atoms with Gasteiger partial charge in [-0.3, -0.25) is 4.90 Å². The van der Waals surface area contributed by atoms with Crippen LogP contribution in [0.3, 0.4) is 0 Å². The molecule has 0 radical (unpaired) electrons. The number of rotatable bonds is 2. The molecule has 1 atom stereocenters. The Balaban J connectivity index is 2.31. The van der Waals surface area contributed by atoms with Crippen molar-refractivity contribution >= 4 is 0 Å². The van der Waals surface area contributed by atoms with Crippen molar-refractivity contribution in [2.75, 3.05) is 26.2 Å². The summed E-state index contributed by atoms with van der Waals surface area (Å²) in [7, 11) is 0. The average molecular weight is 167 g/mol. The van der Waals surface area contributed by atoms with Gasteiger partial charge in [0.25, 0.3) is 0 Å². The zero-order valence-electron chi connectivity index (χ0n) is 7.95. The third-order valence-electron chi connectivity index (χ3n) is 2.67. The molecular weight excluding hydrogens is 150 g/mol. The van der Waals surface area contributed by atoms with Gasteiger partial charge in [-0.05, 0) is 13.3 Å². The van der Waals surface area contributed by atoms with Gasteiger partial charge in [0.15, 0.2) is 6.19 Å². The monoisotopic (exact) mass is 167 g/mol. The molecule has 12 heavy (non-hydrogen) atoms. The molecule has 0 aromatic carbocycles. The Bertz CT molecular complexity index is 165. The predicted octanol–water partition coefficient (Wildman–Crippen LogP) is 0.884. The van der Waals surface area contributed by atoms with E-state index in [2.05, 4.69) is 24.9 Å². The summed E-state index contributed by atoms with van der Waals surface area (Å²) in [5.74, 6) is 0. The molecule has 1 saturated heterocycles. The second-order valence-corrected chi connectivity index (χ2v) is 3.38. The van der Waals surface area contributed by atoms with Crippen LogP contribution in [0.25, 0.3) is 0 Å². The van der Waals surface area contributed by atoms with Gasteiger partial charge in [-0.1, -0.05) is 6.92 Å². The maximum Gasteiger partial charge on any atom is 0.179 e. The standard InChI is InChI=1S/C9H17N3/c1-3-9(2)12-6-4-11(8-10)5-7-12/h9H,3-7H2,1-2H3. The highest BCUT2D eigenvalue weighted by molar-refractivity contribution is 4.82. The first-order chi connectivity index (χ1) is 5.77. The summed E-state index contributed by atoms with van der Waals surface area (Å²) in [6.07, 6.45) is 3.39. The second kappa shape index (κ2) is 4.32. The topological polar surface area (TPSA) is 30.3 Å². The van der Waals surface area contributed by atoms with Crippen LogP contribution in [0.4, 0.5) is 0 Å². The molecule has 1 fully saturated rings. The van der Waals surface area contributed by atoms with Gasteiger partial charge in [-0.15, -0.1) is 0 Å². The highest BCUT2D eigenvalue weighted by atomic mass is 15.3. The van der Waals surface area contributed by atoms with Crippen molar-refractivity contribution in [3.8, 4) is 6.19 Å². The molecule has 1 aliphatic heterocycles. The molecule has 0 saturated carbocycles. The van der Waals surface area contributed by atoms with Crippen molar-refractivity contribution in [1.29, 1.82) is 5.26 Å². The lowest BCUT2D eigenvalue weighted by molar-refractivity contribution is 0.131. The van der Waals surface area contributed by atoms with Crippen molar-refractivity contribution in [2.45, 2.75) is 26.3 Å². The highest BCUT2D eigenvalue weighted by Crippen LogP contribution is 2.07. The van der Waals surface area contributed by atoms with Gasteiger partial charge in [-0.25, -0.2) is 0 Å². The van der Waals surface area contributed by atoms with Crippen LogP contribution in [-0.2, 0) is 0 Å². The van der Waals surface area contributed by atoms with Crippen molar-refractivity contribution in [3.63, 3.8) is 0 Å². The molecule has 0 aliphatic carbocycles. The third-order valence-corrected chi connectivity index (χ3v) is 2.67. The summed E-state index contributed by atoms with van der Waals surface area (Å²) >= 11 is 0. The fourth-order valence-electron chi connectivity index (χ4n) is 1.52. The molecule has 0 aromatic rings. The predicted molar refractivity (Wildman–Crippen MR) is 48.5 cm³/mol. The van der Waals surface area contributed by atoms with E-state index < -0.39 is 0 Å². The van der Waals surface area contributed by atoms with Gasteiger partial charge >= 0.3 is 0 Å². The SMILES string of the molecule is CCC(C)N1CCN(C#N)CC1. The molecule has 0 N–H and O–H groups in total. The van der Waals surface area contributed by atoms with E-state index in [0.29, 0.717) is 6.04 Å². The summed E-state index contributed by atoms with van der Waals surface area (Å²) in [6.45, 7) is 8.36. The number of hydrogen-bond donors (Lipinski definition) is 0. The molecule has 1 aliphatic rings. The Hall–Kier alpha value is -0.750. The zero-order chi connectivity index (χ0) is 8.97. The third kappa shape index (κ3) is 2.12. The van der Waals surface area contributed by atoms with Crippen LogP contribution in [0, 0.1) is 11.5 Å². The highest BCUT2D eigenvalue weighted by Gasteiger charge is 2.18. The van der Waals surface area contributed by atoms with E-state index in [-0.39, 0.29) is 0 Å². The van der Waals surface area contributed by atoms with Crippen molar-refractivity contribution in [1.82, 2.24) is 9.80 Å². The lowest BCUT2D eigenvalue weighted by atomic mass is 10.2. The van der Waals surface area contributed by atoms with Crippen LogP contribution in [0.2, 0.25) is 0 Å². The number of nitriles is 1. The van der Waals surface area contributed by atoms with Crippen LogP contribution < -0.4 is 0 Å². The van der Waals surface area contributed by atoms with E-state index in [9.17, 15) is 0 Å². The molecule has 0 spiro atoms. The minimum Gasteiger partial charge on any atom is -0.308 e. The van der Waals surface area contributed by atoms with E-state index in [4.69, 9.17) is 5.26 Å². The minimum atomic E-state index is 0.672. The lowest BCUT2D eigenvalue weighted by Crippen LogP contribution is -2.47. The molecule has 68 valence electrons. The molecule has 0 amide bonds. The van der Waals surface area contributed by atoms with Gasteiger partial charge in [0.1, 0.15) is 0 Å². The Morgan fingerprint density at radius 3 is 2.33 bits per heavy atom. The van der Waals surface area contributed by atoms with E-state index >= 15 is 0 Å².